The van der Waals surface area contributed by atoms with Gasteiger partial charge in [0.25, 0.3) is 0 Å². The first-order valence-corrected chi connectivity index (χ1v) is 5.76. The summed E-state index contributed by atoms with van der Waals surface area (Å²) in [5, 5.41) is 3.70. The van der Waals surface area contributed by atoms with Crippen molar-refractivity contribution in [1.29, 1.82) is 0 Å². The van der Waals surface area contributed by atoms with Crippen LogP contribution in [0.5, 0.6) is 0 Å². The highest BCUT2D eigenvalue weighted by Gasteiger charge is 2.28. The van der Waals surface area contributed by atoms with Crippen LogP contribution in [-0.4, -0.2) is 30.7 Å². The minimum Gasteiger partial charge on any atom is -0.329 e. The van der Waals surface area contributed by atoms with Gasteiger partial charge in [0.1, 0.15) is 6.54 Å². The summed E-state index contributed by atoms with van der Waals surface area (Å²) < 4.78 is 35.7. The van der Waals surface area contributed by atoms with E-state index in [4.69, 9.17) is 0 Å². The van der Waals surface area contributed by atoms with Gasteiger partial charge in [0.15, 0.2) is 0 Å². The monoisotopic (exact) mass is 266 g/mol. The Morgan fingerprint density at radius 2 is 2.18 bits per heavy atom. The highest BCUT2D eigenvalue weighted by atomic mass is 32.1. The normalized spacial score (nSPS) is 11.4. The van der Waals surface area contributed by atoms with Crippen molar-refractivity contribution >= 4 is 17.4 Å². The maximum atomic E-state index is 11.9. The number of carbonyl (C=O) groups is 1. The van der Waals surface area contributed by atoms with E-state index >= 15 is 0 Å². The molecule has 0 saturated carbocycles. The van der Waals surface area contributed by atoms with Crippen molar-refractivity contribution in [2.75, 3.05) is 13.6 Å². The van der Waals surface area contributed by atoms with Crippen LogP contribution in [0, 0.1) is 6.92 Å². The largest absolute Gasteiger partial charge is 0.405 e. The van der Waals surface area contributed by atoms with Gasteiger partial charge < -0.3 is 10.2 Å². The van der Waals surface area contributed by atoms with Crippen LogP contribution in [0.3, 0.4) is 0 Å². The Morgan fingerprint density at radius 3 is 2.65 bits per heavy atom. The zero-order chi connectivity index (χ0) is 13.1. The number of aryl methyl sites for hydroxylation is 1. The van der Waals surface area contributed by atoms with Crippen molar-refractivity contribution in [3.63, 3.8) is 0 Å². The van der Waals surface area contributed by atoms with Crippen LogP contribution in [-0.2, 0) is 6.54 Å². The van der Waals surface area contributed by atoms with Crippen LogP contribution in [0.25, 0.3) is 0 Å². The predicted octanol–water partition coefficient (Wildman–Crippen LogP) is 2.76. The highest BCUT2D eigenvalue weighted by molar-refractivity contribution is 7.10. The Bertz CT molecular complexity index is 389. The van der Waals surface area contributed by atoms with E-state index < -0.39 is 18.8 Å². The van der Waals surface area contributed by atoms with E-state index in [0.29, 0.717) is 6.54 Å². The number of amides is 2. The van der Waals surface area contributed by atoms with Gasteiger partial charge in [-0.1, -0.05) is 0 Å². The van der Waals surface area contributed by atoms with Gasteiger partial charge in [-0.3, -0.25) is 0 Å². The molecule has 0 unspecified atom stereocenters. The summed E-state index contributed by atoms with van der Waals surface area (Å²) in [6, 6.07) is 1.18. The average molecular weight is 266 g/mol. The Kier molecular flexibility index (Phi) is 4.39. The molecule has 0 atom stereocenters. The topological polar surface area (TPSA) is 32.3 Å². The summed E-state index contributed by atoms with van der Waals surface area (Å²) in [5.41, 5.74) is 1.03. The molecule has 0 aliphatic heterocycles. The Balaban J connectivity index is 2.45. The van der Waals surface area contributed by atoms with Crippen molar-refractivity contribution in [1.82, 2.24) is 10.2 Å². The minimum absolute atomic E-state index is 0.313. The molecule has 1 N–H and O–H groups in total. The second kappa shape index (κ2) is 5.39. The molecule has 0 saturated heterocycles. The minimum atomic E-state index is -4.38. The zero-order valence-electron chi connectivity index (χ0n) is 9.47. The number of urea groups is 1. The standard InChI is InChI=1S/C10H13F3N2OS/c1-7-3-4-17-8(7)5-15(2)9(16)14-6-10(11,12)13/h3-4H,5-6H2,1-2H3,(H,14,16). The van der Waals surface area contributed by atoms with E-state index in [0.717, 1.165) is 10.4 Å². The van der Waals surface area contributed by atoms with Crippen molar-refractivity contribution < 1.29 is 18.0 Å². The lowest BCUT2D eigenvalue weighted by Crippen LogP contribution is -2.41. The lowest BCUT2D eigenvalue weighted by molar-refractivity contribution is -0.123. The van der Waals surface area contributed by atoms with E-state index in [1.807, 2.05) is 23.7 Å². The number of nitrogens with zero attached hydrogens (tertiary/aromatic N) is 1. The van der Waals surface area contributed by atoms with E-state index in [1.54, 1.807) is 0 Å². The molecule has 17 heavy (non-hydrogen) atoms. The first-order chi connectivity index (χ1) is 7.79. The number of nitrogens with one attached hydrogen (secondary N) is 1. The van der Waals surface area contributed by atoms with Crippen LogP contribution in [0.15, 0.2) is 11.4 Å². The first kappa shape index (κ1) is 13.8. The second-order valence-electron chi connectivity index (χ2n) is 3.66. The first-order valence-electron chi connectivity index (χ1n) is 4.88. The fourth-order valence-corrected chi connectivity index (χ4v) is 2.12. The Hall–Kier alpha value is -1.24. The number of alkyl halides is 3. The van der Waals surface area contributed by atoms with Crippen LogP contribution in [0.2, 0.25) is 0 Å². The molecule has 0 aromatic carbocycles. The quantitative estimate of drug-likeness (QED) is 0.896. The van der Waals surface area contributed by atoms with Gasteiger partial charge in [0, 0.05) is 11.9 Å². The number of rotatable bonds is 3. The number of halogens is 3. The van der Waals surface area contributed by atoms with Gasteiger partial charge in [-0.2, -0.15) is 13.2 Å². The van der Waals surface area contributed by atoms with Crippen LogP contribution in [0.4, 0.5) is 18.0 Å². The molecule has 7 heteroatoms. The van der Waals surface area contributed by atoms with Gasteiger partial charge in [-0.15, -0.1) is 11.3 Å². The molecular weight excluding hydrogens is 253 g/mol. The second-order valence-corrected chi connectivity index (χ2v) is 4.66. The van der Waals surface area contributed by atoms with Gasteiger partial charge >= 0.3 is 12.2 Å². The highest BCUT2D eigenvalue weighted by Crippen LogP contribution is 2.17. The lowest BCUT2D eigenvalue weighted by Gasteiger charge is -2.18. The van der Waals surface area contributed by atoms with E-state index in [9.17, 15) is 18.0 Å². The SMILES string of the molecule is Cc1ccsc1CN(C)C(=O)NCC(F)(F)F. The Labute approximate surface area is 101 Å². The third-order valence-electron chi connectivity index (χ3n) is 2.14. The molecule has 1 aromatic heterocycles. The predicted molar refractivity (Wildman–Crippen MR) is 60.0 cm³/mol. The molecule has 3 nitrogen and oxygen atoms in total. The third kappa shape index (κ3) is 4.64. The third-order valence-corrected chi connectivity index (χ3v) is 3.14. The molecule has 0 bridgehead atoms. The summed E-state index contributed by atoms with van der Waals surface area (Å²) >= 11 is 1.48. The molecular formula is C10H13F3N2OS. The van der Waals surface area contributed by atoms with Gasteiger partial charge in [0.2, 0.25) is 0 Å². The molecule has 0 fully saturated rings. The van der Waals surface area contributed by atoms with Crippen LogP contribution < -0.4 is 5.32 Å². The smallest absolute Gasteiger partial charge is 0.329 e. The molecule has 1 aromatic rings. The van der Waals surface area contributed by atoms with E-state index in [2.05, 4.69) is 0 Å². The van der Waals surface area contributed by atoms with Gasteiger partial charge in [0.05, 0.1) is 6.54 Å². The molecule has 0 aliphatic carbocycles. The number of thiophene rings is 1. The van der Waals surface area contributed by atoms with Gasteiger partial charge in [-0.25, -0.2) is 4.79 Å². The molecule has 1 heterocycles. The number of hydrogen-bond acceptors (Lipinski definition) is 2. The van der Waals surface area contributed by atoms with E-state index in [-0.39, 0.29) is 0 Å². The van der Waals surface area contributed by atoms with E-state index in [1.165, 1.54) is 23.3 Å². The summed E-state index contributed by atoms with van der Waals surface area (Å²) in [4.78, 5) is 13.5. The van der Waals surface area contributed by atoms with Crippen LogP contribution >= 0.6 is 11.3 Å². The fourth-order valence-electron chi connectivity index (χ4n) is 1.16. The zero-order valence-corrected chi connectivity index (χ0v) is 10.3. The maximum absolute atomic E-state index is 11.9. The molecule has 0 aliphatic rings. The summed E-state index contributed by atoms with van der Waals surface area (Å²) in [5.74, 6) is 0. The molecule has 2 amide bonds. The average Bonchev–Trinajstić information content (AvgIpc) is 2.59. The Morgan fingerprint density at radius 1 is 1.53 bits per heavy atom. The van der Waals surface area contributed by atoms with Crippen molar-refractivity contribution in [3.05, 3.63) is 21.9 Å². The maximum Gasteiger partial charge on any atom is 0.405 e. The summed E-state index contributed by atoms with van der Waals surface area (Å²) in [7, 11) is 1.46. The van der Waals surface area contributed by atoms with Crippen molar-refractivity contribution in [3.8, 4) is 0 Å². The molecule has 0 spiro atoms. The van der Waals surface area contributed by atoms with Crippen molar-refractivity contribution in [2.24, 2.45) is 0 Å². The summed E-state index contributed by atoms with van der Waals surface area (Å²) in [6.07, 6.45) is -4.38. The summed E-state index contributed by atoms with van der Waals surface area (Å²) in [6.45, 7) is 0.903. The molecule has 1 rings (SSSR count). The molecule has 96 valence electrons. The number of carbonyl (C=O) groups excluding carboxylic acids is 1. The lowest BCUT2D eigenvalue weighted by atomic mass is 10.3. The number of hydrogen-bond donors (Lipinski definition) is 1. The molecule has 0 radical (unpaired) electrons. The van der Waals surface area contributed by atoms with Crippen LogP contribution in [0.1, 0.15) is 10.4 Å². The fraction of sp³-hybridized carbons (Fsp3) is 0.500. The van der Waals surface area contributed by atoms with Crippen molar-refractivity contribution in [2.45, 2.75) is 19.6 Å². The van der Waals surface area contributed by atoms with Gasteiger partial charge in [-0.05, 0) is 23.9 Å².